The van der Waals surface area contributed by atoms with E-state index >= 15 is 0 Å². The van der Waals surface area contributed by atoms with Gasteiger partial charge >= 0.3 is 5.97 Å². The number of carbonyl (C=O) groups excluding carboxylic acids is 1. The molecule has 0 bridgehead atoms. The van der Waals surface area contributed by atoms with Crippen LogP contribution in [0, 0.1) is 5.92 Å². The molecule has 0 aliphatic carbocycles. The number of hydrogen-bond acceptors (Lipinski definition) is 4. The average molecular weight is 373 g/mol. The van der Waals surface area contributed by atoms with E-state index in [0.717, 1.165) is 34.6 Å². The maximum atomic E-state index is 11.9. The van der Waals surface area contributed by atoms with Crippen molar-refractivity contribution in [2.45, 2.75) is 20.4 Å². The van der Waals surface area contributed by atoms with Gasteiger partial charge in [-0.3, -0.25) is 0 Å². The molecule has 1 N–H and O–H groups in total. The van der Waals surface area contributed by atoms with Gasteiger partial charge in [0.05, 0.1) is 23.7 Å². The lowest BCUT2D eigenvalue weighted by Crippen LogP contribution is -2.08. The molecule has 5 nitrogen and oxygen atoms in total. The summed E-state index contributed by atoms with van der Waals surface area (Å²) in [5.74, 6) is 0.858. The van der Waals surface area contributed by atoms with Crippen LogP contribution in [0.4, 0.5) is 11.6 Å². The molecule has 0 fully saturated rings. The zero-order valence-corrected chi connectivity index (χ0v) is 16.3. The van der Waals surface area contributed by atoms with Gasteiger partial charge in [0, 0.05) is 17.6 Å². The quantitative estimate of drug-likeness (QED) is 0.478. The fourth-order valence-corrected chi connectivity index (χ4v) is 3.47. The molecule has 0 spiro atoms. The number of ether oxygens (including phenoxy) is 1. The van der Waals surface area contributed by atoms with Gasteiger partial charge in [0.25, 0.3) is 0 Å². The highest BCUT2D eigenvalue weighted by atomic mass is 16.5. The number of imidazole rings is 1. The molecule has 0 atom stereocenters. The van der Waals surface area contributed by atoms with Gasteiger partial charge in [-0.2, -0.15) is 0 Å². The summed E-state index contributed by atoms with van der Waals surface area (Å²) in [5.41, 5.74) is 3.27. The number of esters is 1. The lowest BCUT2D eigenvalue weighted by Gasteiger charge is -2.14. The lowest BCUT2D eigenvalue weighted by atomic mass is 10.1. The summed E-state index contributed by atoms with van der Waals surface area (Å²) in [6.45, 7) is 5.17. The second kappa shape index (κ2) is 7.35. The highest BCUT2D eigenvalue weighted by Gasteiger charge is 2.15. The number of hydrogen-bond donors (Lipinski definition) is 1. The molecule has 1 heterocycles. The SMILES string of the molecule is COC(=O)c1ccc2c(c1)nc(Nc1cccc3ccccc13)n2CC(C)C. The van der Waals surface area contributed by atoms with E-state index in [-0.39, 0.29) is 5.97 Å². The van der Waals surface area contributed by atoms with Gasteiger partial charge < -0.3 is 14.6 Å². The first-order valence-electron chi connectivity index (χ1n) is 9.40. The Balaban J connectivity index is 1.83. The number of nitrogens with one attached hydrogen (secondary N) is 1. The molecular formula is C23H23N3O2. The van der Waals surface area contributed by atoms with Crippen LogP contribution < -0.4 is 5.32 Å². The van der Waals surface area contributed by atoms with E-state index in [9.17, 15) is 4.79 Å². The van der Waals surface area contributed by atoms with Crippen molar-refractivity contribution in [1.82, 2.24) is 9.55 Å². The largest absolute Gasteiger partial charge is 0.465 e. The molecule has 5 heteroatoms. The van der Waals surface area contributed by atoms with E-state index in [4.69, 9.17) is 9.72 Å². The van der Waals surface area contributed by atoms with E-state index in [1.54, 1.807) is 12.1 Å². The molecule has 28 heavy (non-hydrogen) atoms. The summed E-state index contributed by atoms with van der Waals surface area (Å²) in [6, 6.07) is 20.0. The molecule has 0 aliphatic rings. The van der Waals surface area contributed by atoms with Gasteiger partial charge in [-0.1, -0.05) is 50.2 Å². The Bertz CT molecular complexity index is 1160. The third-order valence-electron chi connectivity index (χ3n) is 4.75. The number of aromatic nitrogens is 2. The Kier molecular flexibility index (Phi) is 4.74. The Labute approximate surface area is 164 Å². The van der Waals surface area contributed by atoms with Gasteiger partial charge in [-0.05, 0) is 35.6 Å². The smallest absolute Gasteiger partial charge is 0.337 e. The Morgan fingerprint density at radius 1 is 1.11 bits per heavy atom. The van der Waals surface area contributed by atoms with Crippen molar-refractivity contribution in [2.75, 3.05) is 12.4 Å². The number of fused-ring (bicyclic) bond motifs is 2. The summed E-state index contributed by atoms with van der Waals surface area (Å²) in [4.78, 5) is 16.7. The fraction of sp³-hybridized carbons (Fsp3) is 0.217. The molecule has 0 radical (unpaired) electrons. The first kappa shape index (κ1) is 18.0. The van der Waals surface area contributed by atoms with Gasteiger partial charge in [-0.25, -0.2) is 9.78 Å². The molecule has 4 rings (SSSR count). The van der Waals surface area contributed by atoms with Crippen LogP contribution in [0.3, 0.4) is 0 Å². The van der Waals surface area contributed by atoms with Crippen LogP contribution in [-0.4, -0.2) is 22.6 Å². The van der Waals surface area contributed by atoms with E-state index in [1.165, 1.54) is 12.5 Å². The van der Waals surface area contributed by atoms with Gasteiger partial charge in [0.15, 0.2) is 0 Å². The van der Waals surface area contributed by atoms with Crippen molar-refractivity contribution in [2.24, 2.45) is 5.92 Å². The molecule has 3 aromatic carbocycles. The van der Waals surface area contributed by atoms with Crippen LogP contribution in [-0.2, 0) is 11.3 Å². The fourth-order valence-electron chi connectivity index (χ4n) is 3.47. The predicted molar refractivity (Wildman–Crippen MR) is 113 cm³/mol. The lowest BCUT2D eigenvalue weighted by molar-refractivity contribution is 0.0601. The Morgan fingerprint density at radius 3 is 2.68 bits per heavy atom. The topological polar surface area (TPSA) is 56.1 Å². The Hall–Kier alpha value is -3.34. The van der Waals surface area contributed by atoms with Crippen molar-refractivity contribution in [3.05, 3.63) is 66.2 Å². The molecule has 0 aliphatic heterocycles. The third kappa shape index (κ3) is 3.31. The number of anilines is 2. The highest BCUT2D eigenvalue weighted by Crippen LogP contribution is 2.29. The summed E-state index contributed by atoms with van der Waals surface area (Å²) >= 11 is 0. The second-order valence-electron chi connectivity index (χ2n) is 7.29. The summed E-state index contributed by atoms with van der Waals surface area (Å²) in [6.07, 6.45) is 0. The van der Waals surface area contributed by atoms with Gasteiger partial charge in [-0.15, -0.1) is 0 Å². The molecule has 142 valence electrons. The maximum absolute atomic E-state index is 11.9. The molecule has 1 aromatic heterocycles. The van der Waals surface area contributed by atoms with Crippen molar-refractivity contribution in [1.29, 1.82) is 0 Å². The molecule has 0 saturated carbocycles. The number of benzene rings is 3. The average Bonchev–Trinajstić information content (AvgIpc) is 3.03. The van der Waals surface area contributed by atoms with Gasteiger partial charge in [0.2, 0.25) is 5.95 Å². The van der Waals surface area contributed by atoms with Crippen LogP contribution in [0.5, 0.6) is 0 Å². The number of carbonyl (C=O) groups is 1. The van der Waals surface area contributed by atoms with Crippen LogP contribution in [0.1, 0.15) is 24.2 Å². The number of methoxy groups -OCH3 is 1. The third-order valence-corrected chi connectivity index (χ3v) is 4.75. The second-order valence-corrected chi connectivity index (χ2v) is 7.29. The molecule has 0 saturated heterocycles. The molecular weight excluding hydrogens is 350 g/mol. The summed E-state index contributed by atoms with van der Waals surface area (Å²) in [7, 11) is 1.39. The zero-order valence-electron chi connectivity index (χ0n) is 16.3. The molecule has 4 aromatic rings. The van der Waals surface area contributed by atoms with Crippen molar-refractivity contribution < 1.29 is 9.53 Å². The normalized spacial score (nSPS) is 11.3. The van der Waals surface area contributed by atoms with Gasteiger partial charge in [0.1, 0.15) is 0 Å². The Morgan fingerprint density at radius 2 is 1.89 bits per heavy atom. The van der Waals surface area contributed by atoms with Crippen LogP contribution in [0.15, 0.2) is 60.7 Å². The predicted octanol–water partition coefficient (Wildman–Crippen LogP) is 5.38. The summed E-state index contributed by atoms with van der Waals surface area (Å²) < 4.78 is 7.01. The maximum Gasteiger partial charge on any atom is 0.337 e. The van der Waals surface area contributed by atoms with E-state index in [1.807, 2.05) is 24.3 Å². The van der Waals surface area contributed by atoms with Crippen molar-refractivity contribution in [3.63, 3.8) is 0 Å². The first-order valence-corrected chi connectivity index (χ1v) is 9.40. The minimum absolute atomic E-state index is 0.358. The number of rotatable bonds is 5. The van der Waals surface area contributed by atoms with Crippen LogP contribution >= 0.6 is 0 Å². The van der Waals surface area contributed by atoms with E-state index < -0.39 is 0 Å². The minimum atomic E-state index is -0.358. The summed E-state index contributed by atoms with van der Waals surface area (Å²) in [5, 5.41) is 5.82. The zero-order chi connectivity index (χ0) is 19.7. The van der Waals surface area contributed by atoms with Crippen LogP contribution in [0.2, 0.25) is 0 Å². The van der Waals surface area contributed by atoms with Crippen molar-refractivity contribution in [3.8, 4) is 0 Å². The first-order chi connectivity index (χ1) is 13.6. The number of nitrogens with zero attached hydrogens (tertiary/aromatic N) is 2. The molecule has 0 unspecified atom stereocenters. The monoisotopic (exact) mass is 373 g/mol. The van der Waals surface area contributed by atoms with E-state index in [0.29, 0.717) is 11.5 Å². The van der Waals surface area contributed by atoms with Crippen molar-refractivity contribution >= 4 is 39.4 Å². The van der Waals surface area contributed by atoms with E-state index in [2.05, 4.69) is 48.0 Å². The highest BCUT2D eigenvalue weighted by molar-refractivity contribution is 5.96. The molecule has 0 amide bonds. The standard InChI is InChI=1S/C23H23N3O2/c1-15(2)14-26-21-12-11-17(22(27)28-3)13-20(21)25-23(26)24-19-10-6-8-16-7-4-5-9-18(16)19/h4-13,15H,14H2,1-3H3,(H,24,25). The van der Waals surface area contributed by atoms with Crippen LogP contribution in [0.25, 0.3) is 21.8 Å². The minimum Gasteiger partial charge on any atom is -0.465 e.